The van der Waals surface area contributed by atoms with Gasteiger partial charge in [-0.2, -0.15) is 5.10 Å². The van der Waals surface area contributed by atoms with Crippen molar-refractivity contribution in [2.24, 2.45) is 7.05 Å². The zero-order valence-corrected chi connectivity index (χ0v) is 18.7. The van der Waals surface area contributed by atoms with Crippen molar-refractivity contribution in [3.05, 3.63) is 73.3 Å². The van der Waals surface area contributed by atoms with Gasteiger partial charge >= 0.3 is 0 Å². The molecular formula is C25H27N7. The number of aromatic nitrogens is 4. The summed E-state index contributed by atoms with van der Waals surface area (Å²) >= 11 is 0. The van der Waals surface area contributed by atoms with Crippen LogP contribution in [-0.4, -0.2) is 57.9 Å². The number of pyridine rings is 2. The lowest BCUT2D eigenvalue weighted by molar-refractivity contribution is 0.246. The maximum Gasteiger partial charge on any atom is 0.130 e. The van der Waals surface area contributed by atoms with Gasteiger partial charge < -0.3 is 15.1 Å². The number of aryl methyl sites for hydroxylation is 1. The molecule has 4 aromatic rings. The summed E-state index contributed by atoms with van der Waals surface area (Å²) < 4.78 is 1.81. The van der Waals surface area contributed by atoms with E-state index >= 15 is 0 Å². The molecule has 3 aromatic heterocycles. The Balaban J connectivity index is 1.34. The molecule has 1 fully saturated rings. The normalized spacial score (nSPS) is 14.1. The zero-order chi connectivity index (χ0) is 22.2. The first kappa shape index (κ1) is 20.2. The average molecular weight is 426 g/mol. The zero-order valence-electron chi connectivity index (χ0n) is 18.7. The van der Waals surface area contributed by atoms with Gasteiger partial charge in [-0.15, -0.1) is 0 Å². The van der Waals surface area contributed by atoms with Gasteiger partial charge in [-0.05, 0) is 49.3 Å². The van der Waals surface area contributed by atoms with E-state index in [2.05, 4.69) is 81.2 Å². The van der Waals surface area contributed by atoms with Crippen LogP contribution in [0.15, 0.2) is 67.8 Å². The molecule has 0 bridgehead atoms. The number of likely N-dealkylation sites (N-methyl/N-ethyl adjacent to an activating group) is 1. The van der Waals surface area contributed by atoms with Crippen molar-refractivity contribution in [2.45, 2.75) is 6.04 Å². The summed E-state index contributed by atoms with van der Waals surface area (Å²) in [4.78, 5) is 13.7. The Morgan fingerprint density at radius 2 is 1.88 bits per heavy atom. The Morgan fingerprint density at radius 3 is 2.62 bits per heavy atom. The monoisotopic (exact) mass is 425 g/mol. The number of rotatable bonds is 6. The third-order valence-corrected chi connectivity index (χ3v) is 6.05. The second kappa shape index (κ2) is 8.09. The van der Waals surface area contributed by atoms with Crippen molar-refractivity contribution < 1.29 is 0 Å². The lowest BCUT2D eigenvalue weighted by atomic mass is 10.0. The van der Waals surface area contributed by atoms with Crippen molar-refractivity contribution in [3.63, 3.8) is 0 Å². The van der Waals surface area contributed by atoms with Crippen molar-refractivity contribution in [2.75, 3.05) is 37.4 Å². The largest absolute Gasteiger partial charge is 0.353 e. The van der Waals surface area contributed by atoms with Crippen molar-refractivity contribution in [3.8, 4) is 11.1 Å². The average Bonchev–Trinajstić information content (AvgIpc) is 3.18. The van der Waals surface area contributed by atoms with Gasteiger partial charge in [-0.3, -0.25) is 4.68 Å². The summed E-state index contributed by atoms with van der Waals surface area (Å²) in [7, 11) is 6.16. The molecule has 5 rings (SSSR count). The second-order valence-electron chi connectivity index (χ2n) is 8.56. The van der Waals surface area contributed by atoms with E-state index in [4.69, 9.17) is 0 Å². The Morgan fingerprint density at radius 1 is 1.03 bits per heavy atom. The molecule has 162 valence electrons. The van der Waals surface area contributed by atoms with E-state index in [-0.39, 0.29) is 0 Å². The van der Waals surface area contributed by atoms with Crippen LogP contribution < -0.4 is 10.2 Å². The highest BCUT2D eigenvalue weighted by Crippen LogP contribution is 2.27. The van der Waals surface area contributed by atoms with Crippen LogP contribution in [0, 0.1) is 0 Å². The van der Waals surface area contributed by atoms with Crippen LogP contribution in [0.2, 0.25) is 0 Å². The number of nitrogens with zero attached hydrogens (tertiary/aromatic N) is 6. The lowest BCUT2D eigenvalue weighted by Gasteiger charge is -2.43. The molecular weight excluding hydrogens is 398 g/mol. The fraction of sp³-hybridized carbons (Fsp3) is 0.240. The van der Waals surface area contributed by atoms with Gasteiger partial charge in [0.25, 0.3) is 0 Å². The number of anilines is 2. The molecule has 0 atom stereocenters. The van der Waals surface area contributed by atoms with Crippen LogP contribution in [-0.2, 0) is 7.05 Å². The van der Waals surface area contributed by atoms with Crippen LogP contribution in [0.4, 0.5) is 11.6 Å². The Kier molecular flexibility index (Phi) is 5.11. The van der Waals surface area contributed by atoms with Gasteiger partial charge in [0, 0.05) is 67.0 Å². The molecule has 1 aliphatic rings. The molecule has 0 radical (unpaired) electrons. The molecule has 7 nitrogen and oxygen atoms in total. The predicted octanol–water partition coefficient (Wildman–Crippen LogP) is 3.86. The van der Waals surface area contributed by atoms with Gasteiger partial charge in [0.05, 0.1) is 6.20 Å². The number of benzene rings is 1. The maximum atomic E-state index is 4.57. The summed E-state index contributed by atoms with van der Waals surface area (Å²) in [5.41, 5.74) is 4.03. The van der Waals surface area contributed by atoms with E-state index in [0.717, 1.165) is 57.9 Å². The molecule has 4 heterocycles. The molecule has 7 heteroatoms. The molecule has 32 heavy (non-hydrogen) atoms. The first-order chi connectivity index (χ1) is 15.5. The molecule has 1 N–H and O–H groups in total. The van der Waals surface area contributed by atoms with Crippen LogP contribution in [0.3, 0.4) is 0 Å². The first-order valence-electron chi connectivity index (χ1n) is 10.7. The Hall–Kier alpha value is -3.71. The van der Waals surface area contributed by atoms with Crippen LogP contribution in [0.25, 0.3) is 27.6 Å². The summed E-state index contributed by atoms with van der Waals surface area (Å²) in [6, 6.07) is 13.1. The minimum absolute atomic E-state index is 0.583. The summed E-state index contributed by atoms with van der Waals surface area (Å²) in [5, 5.41) is 9.85. The molecule has 0 saturated carbocycles. The third-order valence-electron chi connectivity index (χ3n) is 6.05. The van der Waals surface area contributed by atoms with Crippen LogP contribution >= 0.6 is 0 Å². The van der Waals surface area contributed by atoms with Gasteiger partial charge in [-0.25, -0.2) is 9.97 Å². The van der Waals surface area contributed by atoms with E-state index in [1.807, 2.05) is 42.6 Å². The predicted molar refractivity (Wildman–Crippen MR) is 131 cm³/mol. The first-order valence-corrected chi connectivity index (χ1v) is 10.7. The summed E-state index contributed by atoms with van der Waals surface area (Å²) in [5.74, 6) is 1.75. The lowest BCUT2D eigenvalue weighted by Crippen LogP contribution is -2.57. The van der Waals surface area contributed by atoms with Crippen LogP contribution in [0.1, 0.15) is 5.56 Å². The number of nitrogens with one attached hydrogen (secondary N) is 1. The highest BCUT2D eigenvalue weighted by molar-refractivity contribution is 5.89. The van der Waals surface area contributed by atoms with Gasteiger partial charge in [0.15, 0.2) is 0 Å². The smallest absolute Gasteiger partial charge is 0.130 e. The van der Waals surface area contributed by atoms with Crippen molar-refractivity contribution in [1.29, 1.82) is 0 Å². The van der Waals surface area contributed by atoms with Crippen molar-refractivity contribution in [1.82, 2.24) is 24.6 Å². The van der Waals surface area contributed by atoms with Crippen molar-refractivity contribution >= 4 is 28.1 Å². The topological polar surface area (TPSA) is 62.1 Å². The van der Waals surface area contributed by atoms with Crippen LogP contribution in [0.5, 0.6) is 0 Å². The molecule has 0 unspecified atom stereocenters. The molecule has 1 aromatic carbocycles. The second-order valence-corrected chi connectivity index (χ2v) is 8.56. The van der Waals surface area contributed by atoms with E-state index in [0.29, 0.717) is 6.04 Å². The number of fused-ring (bicyclic) bond motifs is 1. The molecule has 0 spiro atoms. The molecule has 0 aliphatic carbocycles. The summed E-state index contributed by atoms with van der Waals surface area (Å²) in [6.07, 6.45) is 7.62. The Bertz CT molecular complexity index is 1280. The third kappa shape index (κ3) is 3.94. The fourth-order valence-electron chi connectivity index (χ4n) is 3.93. The van der Waals surface area contributed by atoms with E-state index in [9.17, 15) is 0 Å². The maximum absolute atomic E-state index is 4.57. The minimum Gasteiger partial charge on any atom is -0.353 e. The Labute approximate surface area is 188 Å². The highest BCUT2D eigenvalue weighted by Gasteiger charge is 2.29. The van der Waals surface area contributed by atoms with E-state index < -0.39 is 0 Å². The molecule has 1 aliphatic heterocycles. The standard InChI is InChI=1S/C25H27N7/c1-17(18-7-8-26-25(11-18)32-15-23(16-32)30(2)3)29-24-10-21-9-19(5-6-20(21)12-27-24)22-13-28-31(4)14-22/h5-14,23H,1,15-16H2,2-4H3,(H,27,29). The molecule has 1 saturated heterocycles. The quantitative estimate of drug-likeness (QED) is 0.506. The minimum atomic E-state index is 0.583. The highest BCUT2D eigenvalue weighted by atomic mass is 15.3. The van der Waals surface area contributed by atoms with E-state index in [1.54, 1.807) is 0 Å². The summed E-state index contributed by atoms with van der Waals surface area (Å²) in [6.45, 7) is 6.23. The fourth-order valence-corrected chi connectivity index (χ4v) is 3.93. The number of hydrogen-bond acceptors (Lipinski definition) is 6. The number of hydrogen-bond donors (Lipinski definition) is 1. The SMILES string of the molecule is C=C(Nc1cc2cc(-c3cnn(C)c3)ccc2cn1)c1ccnc(N2CC(N(C)C)C2)c1. The van der Waals surface area contributed by atoms with Gasteiger partial charge in [0.1, 0.15) is 11.6 Å². The van der Waals surface area contributed by atoms with Gasteiger partial charge in [0.2, 0.25) is 0 Å². The molecule has 0 amide bonds. The van der Waals surface area contributed by atoms with E-state index in [1.165, 1.54) is 0 Å². The van der Waals surface area contributed by atoms with Gasteiger partial charge in [-0.1, -0.05) is 18.7 Å².